The average Bonchev–Trinajstić information content (AvgIpc) is 3.02. The van der Waals surface area contributed by atoms with Gasteiger partial charge in [-0.25, -0.2) is 9.36 Å². The third-order valence-electron chi connectivity index (χ3n) is 7.27. The van der Waals surface area contributed by atoms with Crippen LogP contribution in [0.2, 0.25) is 0 Å². The number of pyridine rings is 1. The van der Waals surface area contributed by atoms with Crippen molar-refractivity contribution in [3.05, 3.63) is 24.5 Å². The number of halogens is 26. The number of nitrogens with zero attached hydrogens (tertiary/aromatic N) is 1. The first-order valence-corrected chi connectivity index (χ1v) is 14.3. The largest absolute Gasteiger partial charge is 0.465 e. The van der Waals surface area contributed by atoms with Crippen LogP contribution in [0.4, 0.5) is 120 Å². The number of esters is 2. The molecular formula is C26H19F26N2O4+. The van der Waals surface area contributed by atoms with Crippen LogP contribution in [-0.4, -0.2) is 103 Å². The van der Waals surface area contributed by atoms with E-state index in [0.29, 0.717) is 0 Å². The summed E-state index contributed by atoms with van der Waals surface area (Å²) >= 11 is 0. The predicted molar refractivity (Wildman–Crippen MR) is 132 cm³/mol. The van der Waals surface area contributed by atoms with Crippen LogP contribution >= 0.6 is 0 Å². The molecule has 0 fully saturated rings. The molecule has 0 spiro atoms. The van der Waals surface area contributed by atoms with Crippen molar-refractivity contribution in [2.24, 2.45) is 7.05 Å². The van der Waals surface area contributed by atoms with Gasteiger partial charge in [-0.1, -0.05) is 0 Å². The molecule has 0 aromatic carbocycles. The van der Waals surface area contributed by atoms with Gasteiger partial charge in [0.25, 0.3) is 0 Å². The number of rotatable bonds is 19. The smallest absolute Gasteiger partial charge is 0.460 e. The van der Waals surface area contributed by atoms with E-state index in [0.717, 1.165) is 22.9 Å². The van der Waals surface area contributed by atoms with Gasteiger partial charge in [-0.05, 0) is 6.07 Å². The zero-order valence-electron chi connectivity index (χ0n) is 27.3. The fourth-order valence-electron chi connectivity index (χ4n) is 3.88. The number of nitrogens with one attached hydrogen (secondary N) is 1. The molecule has 1 rings (SSSR count). The molecule has 1 unspecified atom stereocenters. The van der Waals surface area contributed by atoms with Gasteiger partial charge in [0.05, 0.1) is 38.2 Å². The van der Waals surface area contributed by atoms with E-state index < -0.39 is 128 Å². The molecule has 0 saturated carbocycles. The van der Waals surface area contributed by atoms with Crippen LogP contribution in [0, 0.1) is 0 Å². The van der Waals surface area contributed by atoms with E-state index in [1.54, 1.807) is 0 Å². The van der Waals surface area contributed by atoms with Crippen LogP contribution in [0.1, 0.15) is 19.3 Å². The maximum atomic E-state index is 14.1. The molecule has 1 atom stereocenters. The highest BCUT2D eigenvalue weighted by Gasteiger charge is 2.92. The summed E-state index contributed by atoms with van der Waals surface area (Å²) in [5.74, 6) is -82.7. The number of aromatic nitrogens is 1. The second-order valence-corrected chi connectivity index (χ2v) is 11.5. The lowest BCUT2D eigenvalue weighted by molar-refractivity contribution is -0.670. The minimum atomic E-state index is -8.28. The first-order chi connectivity index (χ1) is 25.4. The third-order valence-corrected chi connectivity index (χ3v) is 7.27. The van der Waals surface area contributed by atoms with Gasteiger partial charge in [0.2, 0.25) is 0 Å². The Bertz CT molecular complexity index is 1610. The van der Waals surface area contributed by atoms with Crippen molar-refractivity contribution in [2.45, 2.75) is 96.9 Å². The van der Waals surface area contributed by atoms with E-state index in [2.05, 4.69) is 9.47 Å². The van der Waals surface area contributed by atoms with E-state index in [1.165, 1.54) is 13.2 Å². The fraction of sp³-hybridized carbons (Fsp3) is 0.731. The van der Waals surface area contributed by atoms with Crippen LogP contribution in [0.15, 0.2) is 24.5 Å². The van der Waals surface area contributed by atoms with E-state index in [9.17, 15) is 124 Å². The molecule has 1 N–H and O–H groups in total. The lowest BCUT2D eigenvalue weighted by Crippen LogP contribution is -2.70. The lowest BCUT2D eigenvalue weighted by atomic mass is 9.93. The predicted octanol–water partition coefficient (Wildman–Crippen LogP) is 9.03. The van der Waals surface area contributed by atoms with Crippen molar-refractivity contribution >= 4 is 17.6 Å². The maximum Gasteiger partial charge on any atom is 0.460 e. The Balaban J connectivity index is 3.24. The van der Waals surface area contributed by atoms with Gasteiger partial charge in [-0.3, -0.25) is 4.79 Å². The third kappa shape index (κ3) is 9.11. The second-order valence-electron chi connectivity index (χ2n) is 11.5. The molecule has 0 aliphatic rings. The Morgan fingerprint density at radius 2 is 0.897 bits per heavy atom. The summed E-state index contributed by atoms with van der Waals surface area (Å²) in [5.41, 5.74) is -0.394. The summed E-state index contributed by atoms with van der Waals surface area (Å²) in [7, 11) is 1.22. The molecular weight excluding hydrogens is 898 g/mol. The molecule has 58 heavy (non-hydrogen) atoms. The monoisotopic (exact) mass is 917 g/mol. The first-order valence-electron chi connectivity index (χ1n) is 14.3. The van der Waals surface area contributed by atoms with Gasteiger partial charge >= 0.3 is 83.5 Å². The lowest BCUT2D eigenvalue weighted by Gasteiger charge is -2.39. The highest BCUT2D eigenvalue weighted by atomic mass is 19.4. The number of alkyl halides is 26. The Kier molecular flexibility index (Phi) is 14.3. The summed E-state index contributed by atoms with van der Waals surface area (Å²) < 4.78 is 354. The molecule has 1 heterocycles. The Hall–Kier alpha value is -3.93. The van der Waals surface area contributed by atoms with Crippen LogP contribution in [0.5, 0.6) is 0 Å². The van der Waals surface area contributed by atoms with E-state index in [-0.39, 0.29) is 0 Å². The Morgan fingerprint density at radius 1 is 0.552 bits per heavy atom. The van der Waals surface area contributed by atoms with Crippen molar-refractivity contribution in [1.29, 1.82) is 0 Å². The standard InChI is InChI=1S/C26H19F26N2O4/c1-54-6-2-3-11(10-54)53-12(14(56)58-8-5-16(29,30)18(33,34)20(37,38)22(41,42)24(45,46)26(50,51)52)9-13(55)57-7-4-15(27,28)17(31,32)19(35,36)21(39,40)23(43,44)25(47,48)49/h2-3,6,10,12,53H,4-5,7-9H2,1H3/q+1. The van der Waals surface area contributed by atoms with Gasteiger partial charge in [0.15, 0.2) is 12.4 Å². The van der Waals surface area contributed by atoms with Crippen molar-refractivity contribution in [3.8, 4) is 0 Å². The van der Waals surface area contributed by atoms with E-state index in [4.69, 9.17) is 0 Å². The van der Waals surface area contributed by atoms with Crippen molar-refractivity contribution in [3.63, 3.8) is 0 Å². The Labute approximate surface area is 303 Å². The number of ether oxygens (including phenoxy) is 2. The molecule has 0 aliphatic carbocycles. The van der Waals surface area contributed by atoms with Gasteiger partial charge in [0.1, 0.15) is 13.1 Å². The minimum absolute atomic E-state index is 0.394. The fourth-order valence-corrected chi connectivity index (χ4v) is 3.88. The average molecular weight is 917 g/mol. The molecule has 0 saturated heterocycles. The molecule has 1 aromatic heterocycles. The number of aryl methyl sites for hydroxylation is 1. The molecule has 6 nitrogen and oxygen atoms in total. The second kappa shape index (κ2) is 15.9. The maximum absolute atomic E-state index is 14.1. The van der Waals surface area contributed by atoms with Crippen LogP contribution < -0.4 is 9.88 Å². The number of hydrogen-bond acceptors (Lipinski definition) is 5. The summed E-state index contributed by atoms with van der Waals surface area (Å²) in [5, 5.41) is 1.94. The minimum Gasteiger partial charge on any atom is -0.465 e. The van der Waals surface area contributed by atoms with Gasteiger partial charge in [-0.15, -0.1) is 0 Å². The molecule has 1 aromatic rings. The molecule has 0 aliphatic heterocycles. The number of hydrogen-bond donors (Lipinski definition) is 1. The summed E-state index contributed by atoms with van der Waals surface area (Å²) in [6, 6.07) is -0.522. The highest BCUT2D eigenvalue weighted by molar-refractivity contribution is 5.85. The molecule has 32 heteroatoms. The molecule has 338 valence electrons. The van der Waals surface area contributed by atoms with Crippen LogP contribution in [-0.2, 0) is 26.1 Å². The van der Waals surface area contributed by atoms with E-state index >= 15 is 0 Å². The molecule has 0 amide bonds. The van der Waals surface area contributed by atoms with Crippen molar-refractivity contribution in [1.82, 2.24) is 0 Å². The molecule has 0 radical (unpaired) electrons. The Morgan fingerprint density at radius 3 is 1.24 bits per heavy atom. The summed E-state index contributed by atoms with van der Waals surface area (Å²) in [6.07, 6.45) is -21.3. The van der Waals surface area contributed by atoms with Crippen LogP contribution in [0.25, 0.3) is 0 Å². The van der Waals surface area contributed by atoms with Crippen molar-refractivity contribution < 1.29 is 138 Å². The van der Waals surface area contributed by atoms with Crippen molar-refractivity contribution in [2.75, 3.05) is 18.5 Å². The summed E-state index contributed by atoms with van der Waals surface area (Å²) in [4.78, 5) is 24.6. The van der Waals surface area contributed by atoms with Gasteiger partial charge in [-0.2, -0.15) is 114 Å². The van der Waals surface area contributed by atoms with Gasteiger partial charge < -0.3 is 14.8 Å². The topological polar surface area (TPSA) is 68.5 Å². The normalized spacial score (nSPS) is 15.6. The van der Waals surface area contributed by atoms with E-state index in [1.807, 2.05) is 5.32 Å². The zero-order valence-corrected chi connectivity index (χ0v) is 27.3. The quantitative estimate of drug-likeness (QED) is 0.0854. The first kappa shape index (κ1) is 52.1. The highest BCUT2D eigenvalue weighted by Crippen LogP contribution is 2.62. The number of carbonyl (C=O) groups is 2. The van der Waals surface area contributed by atoms with Gasteiger partial charge in [0, 0.05) is 6.07 Å². The summed E-state index contributed by atoms with van der Waals surface area (Å²) in [6.45, 7) is -4.78. The number of anilines is 1. The number of carbonyl (C=O) groups excluding carboxylic acids is 2. The zero-order chi connectivity index (χ0) is 46.4. The van der Waals surface area contributed by atoms with Crippen LogP contribution in [0.3, 0.4) is 0 Å². The molecule has 0 bridgehead atoms. The SMILES string of the molecule is C[n+]1cccc(NC(CC(=O)OCCC(F)(F)C(F)(F)C(F)(F)C(F)(F)C(F)(F)C(F)(F)F)C(=O)OCCC(F)(F)C(F)(F)C(F)(F)C(F)(F)C(F)(F)C(F)(F)F)c1.